The van der Waals surface area contributed by atoms with Crippen LogP contribution in [0.2, 0.25) is 0 Å². The van der Waals surface area contributed by atoms with Crippen molar-refractivity contribution in [3.8, 4) is 11.1 Å². The van der Waals surface area contributed by atoms with Crippen molar-refractivity contribution in [2.45, 2.75) is 19.0 Å². The van der Waals surface area contributed by atoms with Gasteiger partial charge in [-0.1, -0.05) is 36.9 Å². The molecule has 36 heavy (non-hydrogen) atoms. The first-order chi connectivity index (χ1) is 17.5. The van der Waals surface area contributed by atoms with E-state index in [1.54, 1.807) is 41.4 Å². The van der Waals surface area contributed by atoms with Gasteiger partial charge in [0.15, 0.2) is 11.5 Å². The Balaban J connectivity index is 1.35. The molecule has 1 saturated heterocycles. The average molecular weight is 485 g/mol. The Hall–Kier alpha value is -4.53. The number of nitrogens with zero attached hydrogens (tertiary/aromatic N) is 3. The number of carbonyl (C=O) groups is 2. The van der Waals surface area contributed by atoms with Crippen LogP contribution < -0.4 is 10.6 Å². The van der Waals surface area contributed by atoms with E-state index in [0.717, 1.165) is 17.4 Å². The molecule has 3 N–H and O–H groups in total. The molecule has 3 heterocycles. The van der Waals surface area contributed by atoms with Gasteiger partial charge >= 0.3 is 0 Å². The van der Waals surface area contributed by atoms with E-state index in [2.05, 4.69) is 32.4 Å². The summed E-state index contributed by atoms with van der Waals surface area (Å²) in [5.74, 6) is -0.169. The van der Waals surface area contributed by atoms with Crippen LogP contribution in [-0.2, 0) is 11.3 Å². The van der Waals surface area contributed by atoms with Crippen LogP contribution in [0.15, 0.2) is 73.4 Å². The molecule has 0 aliphatic carbocycles. The molecule has 0 bridgehead atoms. The van der Waals surface area contributed by atoms with Crippen molar-refractivity contribution in [2.75, 3.05) is 18.4 Å². The van der Waals surface area contributed by atoms with Crippen molar-refractivity contribution in [2.24, 2.45) is 0 Å². The van der Waals surface area contributed by atoms with E-state index >= 15 is 4.39 Å². The molecule has 1 atom stereocenters. The number of aromatic amines is 1. The Bertz CT molecular complexity index is 1430. The summed E-state index contributed by atoms with van der Waals surface area (Å²) < 4.78 is 15.0. The first-order valence-corrected chi connectivity index (χ1v) is 11.7. The maximum absolute atomic E-state index is 15.0. The second-order valence-corrected chi connectivity index (χ2v) is 8.63. The number of hydrogen-bond acceptors (Lipinski definition) is 5. The number of nitrogens with one attached hydrogen (secondary N) is 3. The predicted molar refractivity (Wildman–Crippen MR) is 136 cm³/mol. The molecule has 182 valence electrons. The van der Waals surface area contributed by atoms with Crippen LogP contribution in [0.1, 0.15) is 22.3 Å². The number of amides is 2. The summed E-state index contributed by atoms with van der Waals surface area (Å²) in [5, 5.41) is 14.2. The van der Waals surface area contributed by atoms with Crippen LogP contribution in [0.5, 0.6) is 0 Å². The molecule has 5 rings (SSSR count). The van der Waals surface area contributed by atoms with Crippen molar-refractivity contribution in [3.05, 3.63) is 90.4 Å². The summed E-state index contributed by atoms with van der Waals surface area (Å²) in [6.07, 6.45) is 3.74. The third-order valence-electron chi connectivity index (χ3n) is 6.32. The Kier molecular flexibility index (Phi) is 6.44. The minimum atomic E-state index is -0.418. The van der Waals surface area contributed by atoms with E-state index in [0.29, 0.717) is 41.2 Å². The van der Waals surface area contributed by atoms with Gasteiger partial charge in [-0.15, -0.1) is 0 Å². The molecule has 0 radical (unpaired) electrons. The standard InChI is InChI=1S/C27H25FN6O2/c1-2-23(35)34-13-11-20(16-34)31-26-24-21(10-12-29-25(24)32-33-26)18-8-9-19(22(28)14-18)15-30-27(36)17-6-4-3-5-7-17/h2-10,12,14,20H,1,11,13,15-16H2,(H,30,36)(H2,29,31,32,33)/t20-/m1/s1. The molecule has 0 spiro atoms. The molecule has 1 aliphatic rings. The Morgan fingerprint density at radius 2 is 2.03 bits per heavy atom. The van der Waals surface area contributed by atoms with E-state index in [1.165, 1.54) is 12.1 Å². The van der Waals surface area contributed by atoms with Crippen LogP contribution in [0, 0.1) is 5.82 Å². The Morgan fingerprint density at radius 3 is 2.81 bits per heavy atom. The van der Waals surface area contributed by atoms with Crippen molar-refractivity contribution in [1.29, 1.82) is 0 Å². The smallest absolute Gasteiger partial charge is 0.251 e. The van der Waals surface area contributed by atoms with Gasteiger partial charge in [-0.3, -0.25) is 14.7 Å². The Labute approximate surface area is 207 Å². The van der Waals surface area contributed by atoms with Crippen LogP contribution in [-0.4, -0.2) is 51.0 Å². The molecule has 9 heteroatoms. The molecule has 1 aliphatic heterocycles. The summed E-state index contributed by atoms with van der Waals surface area (Å²) in [7, 11) is 0. The molecule has 0 unspecified atom stereocenters. The number of rotatable bonds is 7. The third-order valence-corrected chi connectivity index (χ3v) is 6.32. The van der Waals surface area contributed by atoms with Crippen LogP contribution in [0.3, 0.4) is 0 Å². The maximum atomic E-state index is 15.0. The van der Waals surface area contributed by atoms with E-state index in [-0.39, 0.29) is 24.4 Å². The lowest BCUT2D eigenvalue weighted by Crippen LogP contribution is -2.30. The lowest BCUT2D eigenvalue weighted by molar-refractivity contribution is -0.125. The zero-order valence-electron chi connectivity index (χ0n) is 19.5. The predicted octanol–water partition coefficient (Wildman–Crippen LogP) is 3.89. The Morgan fingerprint density at radius 1 is 1.19 bits per heavy atom. The van der Waals surface area contributed by atoms with Gasteiger partial charge in [-0.2, -0.15) is 5.10 Å². The average Bonchev–Trinajstić information content (AvgIpc) is 3.55. The summed E-state index contributed by atoms with van der Waals surface area (Å²) in [5.41, 5.74) is 2.92. The fourth-order valence-electron chi connectivity index (χ4n) is 4.42. The van der Waals surface area contributed by atoms with Gasteiger partial charge in [-0.05, 0) is 47.9 Å². The molecule has 4 aromatic rings. The number of benzene rings is 2. The van der Waals surface area contributed by atoms with Gasteiger partial charge < -0.3 is 15.5 Å². The van der Waals surface area contributed by atoms with Crippen LogP contribution in [0.4, 0.5) is 10.2 Å². The normalized spacial score (nSPS) is 15.1. The number of H-pyrrole nitrogens is 1. The highest BCUT2D eigenvalue weighted by Crippen LogP contribution is 2.33. The van der Waals surface area contributed by atoms with E-state index in [1.807, 2.05) is 18.2 Å². The van der Waals surface area contributed by atoms with Gasteiger partial charge in [0.25, 0.3) is 5.91 Å². The molecule has 8 nitrogen and oxygen atoms in total. The quantitative estimate of drug-likeness (QED) is 0.346. The zero-order chi connectivity index (χ0) is 25.1. The second kappa shape index (κ2) is 9.99. The SMILES string of the molecule is C=CC(=O)N1CC[C@@H](Nc2n[nH]c3nccc(-c4ccc(CNC(=O)c5ccccc5)c(F)c4)c23)C1. The molecular formula is C27H25FN6O2. The number of hydrogen-bond donors (Lipinski definition) is 3. The molecule has 2 aromatic heterocycles. The summed E-state index contributed by atoms with van der Waals surface area (Å²) in [6.45, 7) is 4.82. The van der Waals surface area contributed by atoms with E-state index in [9.17, 15) is 9.59 Å². The highest BCUT2D eigenvalue weighted by molar-refractivity contribution is 6.00. The van der Waals surface area contributed by atoms with Crippen molar-refractivity contribution in [1.82, 2.24) is 25.4 Å². The van der Waals surface area contributed by atoms with Gasteiger partial charge in [-0.25, -0.2) is 9.37 Å². The van der Waals surface area contributed by atoms with E-state index < -0.39 is 5.82 Å². The van der Waals surface area contributed by atoms with E-state index in [4.69, 9.17) is 0 Å². The van der Waals surface area contributed by atoms with Crippen molar-refractivity contribution >= 4 is 28.7 Å². The first kappa shape index (κ1) is 23.2. The number of carbonyl (C=O) groups excluding carboxylic acids is 2. The molecular weight excluding hydrogens is 459 g/mol. The number of fused-ring (bicyclic) bond motifs is 1. The second-order valence-electron chi connectivity index (χ2n) is 8.63. The third kappa shape index (κ3) is 4.68. The fourth-order valence-corrected chi connectivity index (χ4v) is 4.42. The van der Waals surface area contributed by atoms with Gasteiger partial charge in [0.2, 0.25) is 5.91 Å². The summed E-state index contributed by atoms with van der Waals surface area (Å²) in [6, 6.07) is 15.6. The number of pyridine rings is 1. The maximum Gasteiger partial charge on any atom is 0.251 e. The zero-order valence-corrected chi connectivity index (χ0v) is 19.5. The molecule has 1 fully saturated rings. The molecule has 2 aromatic carbocycles. The summed E-state index contributed by atoms with van der Waals surface area (Å²) in [4.78, 5) is 30.3. The van der Waals surface area contributed by atoms with Crippen LogP contribution >= 0.6 is 0 Å². The summed E-state index contributed by atoms with van der Waals surface area (Å²) >= 11 is 0. The van der Waals surface area contributed by atoms with Crippen molar-refractivity contribution in [3.63, 3.8) is 0 Å². The monoisotopic (exact) mass is 484 g/mol. The number of likely N-dealkylation sites (tertiary alicyclic amines) is 1. The van der Waals surface area contributed by atoms with Gasteiger partial charge in [0, 0.05) is 43.0 Å². The van der Waals surface area contributed by atoms with Crippen LogP contribution in [0.25, 0.3) is 22.2 Å². The largest absolute Gasteiger partial charge is 0.363 e. The lowest BCUT2D eigenvalue weighted by atomic mass is 10.0. The van der Waals surface area contributed by atoms with Crippen molar-refractivity contribution < 1.29 is 14.0 Å². The first-order valence-electron chi connectivity index (χ1n) is 11.7. The number of halogens is 1. The topological polar surface area (TPSA) is 103 Å². The lowest BCUT2D eigenvalue weighted by Gasteiger charge is -2.15. The van der Waals surface area contributed by atoms with Gasteiger partial charge in [0.05, 0.1) is 5.39 Å². The number of aromatic nitrogens is 3. The molecule has 0 saturated carbocycles. The minimum Gasteiger partial charge on any atom is -0.363 e. The molecule has 2 amide bonds. The van der Waals surface area contributed by atoms with Gasteiger partial charge in [0.1, 0.15) is 5.82 Å². The minimum absolute atomic E-state index is 0.0285. The highest BCUT2D eigenvalue weighted by Gasteiger charge is 2.26. The highest BCUT2D eigenvalue weighted by atomic mass is 19.1. The fraction of sp³-hybridized carbons (Fsp3) is 0.185. The number of anilines is 1.